The number of rotatable bonds is 3. The van der Waals surface area contributed by atoms with E-state index in [0.717, 1.165) is 27.6 Å². The molecule has 23 heavy (non-hydrogen) atoms. The van der Waals surface area contributed by atoms with Crippen LogP contribution < -0.4 is 5.56 Å². The third kappa shape index (κ3) is 2.46. The quantitative estimate of drug-likeness (QED) is 0.424. The van der Waals surface area contributed by atoms with Crippen molar-refractivity contribution in [3.63, 3.8) is 0 Å². The van der Waals surface area contributed by atoms with Crippen molar-refractivity contribution in [2.45, 2.75) is 17.8 Å². The molecule has 0 unspecified atom stereocenters. The molecule has 0 aliphatic carbocycles. The van der Waals surface area contributed by atoms with Gasteiger partial charge in [0.2, 0.25) is 0 Å². The van der Waals surface area contributed by atoms with Crippen molar-refractivity contribution in [1.82, 2.24) is 18.9 Å². The average molecular weight is 342 g/mol. The molecule has 0 saturated heterocycles. The summed E-state index contributed by atoms with van der Waals surface area (Å²) in [7, 11) is 1.77. The maximum atomic E-state index is 12.3. The predicted octanol–water partition coefficient (Wildman–Crippen LogP) is 3.24. The Hall–Kier alpha value is -2.12. The van der Waals surface area contributed by atoms with Crippen LogP contribution in [0.3, 0.4) is 0 Å². The molecule has 0 aliphatic heterocycles. The van der Waals surface area contributed by atoms with E-state index in [-0.39, 0.29) is 5.56 Å². The Morgan fingerprint density at radius 3 is 3.00 bits per heavy atom. The summed E-state index contributed by atoms with van der Waals surface area (Å²) < 4.78 is 4.35. The number of thioether (sulfide) groups is 1. The minimum absolute atomic E-state index is 0.0124. The maximum Gasteiger partial charge on any atom is 0.271 e. The Morgan fingerprint density at radius 2 is 2.17 bits per heavy atom. The highest BCUT2D eigenvalue weighted by Crippen LogP contribution is 2.23. The molecule has 0 saturated carbocycles. The number of hydrogen-bond donors (Lipinski definition) is 0. The molecule has 4 aromatic rings. The van der Waals surface area contributed by atoms with E-state index in [4.69, 9.17) is 0 Å². The van der Waals surface area contributed by atoms with Crippen LogP contribution in [0.4, 0.5) is 0 Å². The highest BCUT2D eigenvalue weighted by molar-refractivity contribution is 7.98. The Morgan fingerprint density at radius 1 is 1.30 bits per heavy atom. The van der Waals surface area contributed by atoms with Gasteiger partial charge in [-0.15, -0.1) is 11.3 Å². The van der Waals surface area contributed by atoms with Gasteiger partial charge in [0.25, 0.3) is 5.56 Å². The lowest BCUT2D eigenvalue weighted by molar-refractivity contribution is 0.727. The number of aryl methyl sites for hydroxylation is 1. The molecule has 0 bridgehead atoms. The molecule has 0 amide bonds. The number of thiophene rings is 1. The fourth-order valence-electron chi connectivity index (χ4n) is 2.51. The van der Waals surface area contributed by atoms with Crippen molar-refractivity contribution in [3.8, 4) is 0 Å². The second-order valence-electron chi connectivity index (χ2n) is 5.34. The second kappa shape index (κ2) is 5.50. The minimum atomic E-state index is 0.0124. The number of fused-ring (bicyclic) bond motifs is 2. The van der Waals surface area contributed by atoms with E-state index in [1.54, 1.807) is 11.6 Å². The molecule has 4 aromatic heterocycles. The third-order valence-electron chi connectivity index (χ3n) is 3.72. The van der Waals surface area contributed by atoms with Gasteiger partial charge >= 0.3 is 0 Å². The van der Waals surface area contributed by atoms with Gasteiger partial charge in [-0.05, 0) is 30.0 Å². The van der Waals surface area contributed by atoms with Crippen LogP contribution in [0.2, 0.25) is 0 Å². The minimum Gasteiger partial charge on any atom is -0.307 e. The van der Waals surface area contributed by atoms with Crippen LogP contribution in [0.1, 0.15) is 11.3 Å². The lowest BCUT2D eigenvalue weighted by Crippen LogP contribution is -2.18. The van der Waals surface area contributed by atoms with Crippen LogP contribution in [-0.2, 0) is 12.8 Å². The van der Waals surface area contributed by atoms with Crippen LogP contribution in [0.5, 0.6) is 0 Å². The first kappa shape index (κ1) is 14.5. The standard InChI is InChI=1S/C16H14N4OS2/c1-10-4-3-6-20-8-11(17-14(10)20)9-23-16-18-12-5-7-22-13(12)15(21)19(16)2/h3-8H,9H2,1-2H3. The summed E-state index contributed by atoms with van der Waals surface area (Å²) in [5.74, 6) is 0.678. The van der Waals surface area contributed by atoms with Crippen LogP contribution in [-0.4, -0.2) is 18.9 Å². The summed E-state index contributed by atoms with van der Waals surface area (Å²) in [6, 6.07) is 5.95. The van der Waals surface area contributed by atoms with Crippen LogP contribution in [0, 0.1) is 6.92 Å². The fourth-order valence-corrected chi connectivity index (χ4v) is 4.17. The van der Waals surface area contributed by atoms with Gasteiger partial charge in [-0.1, -0.05) is 17.8 Å². The highest BCUT2D eigenvalue weighted by Gasteiger charge is 2.11. The molecule has 0 aromatic carbocycles. The van der Waals surface area contributed by atoms with Gasteiger partial charge < -0.3 is 4.40 Å². The molecule has 5 nitrogen and oxygen atoms in total. The van der Waals surface area contributed by atoms with Crippen LogP contribution in [0.15, 0.2) is 45.9 Å². The largest absolute Gasteiger partial charge is 0.307 e. The summed E-state index contributed by atoms with van der Waals surface area (Å²) in [4.78, 5) is 21.6. The van der Waals surface area contributed by atoms with E-state index in [2.05, 4.69) is 23.0 Å². The number of hydrogen-bond acceptors (Lipinski definition) is 5. The average Bonchev–Trinajstić information content (AvgIpc) is 3.16. The van der Waals surface area contributed by atoms with Gasteiger partial charge in [0.05, 0.1) is 11.2 Å². The lowest BCUT2D eigenvalue weighted by atomic mass is 10.3. The molecule has 0 atom stereocenters. The summed E-state index contributed by atoms with van der Waals surface area (Å²) in [5, 5.41) is 2.62. The van der Waals surface area contributed by atoms with Crippen molar-refractivity contribution >= 4 is 39.0 Å². The highest BCUT2D eigenvalue weighted by atomic mass is 32.2. The van der Waals surface area contributed by atoms with Crippen LogP contribution >= 0.6 is 23.1 Å². The first-order valence-corrected chi connectivity index (χ1v) is 9.00. The molecule has 0 fully saturated rings. The smallest absolute Gasteiger partial charge is 0.271 e. The molecule has 7 heteroatoms. The molecular formula is C16H14N4OS2. The van der Waals surface area contributed by atoms with Gasteiger partial charge in [0.15, 0.2) is 5.16 Å². The van der Waals surface area contributed by atoms with E-state index in [0.29, 0.717) is 10.5 Å². The lowest BCUT2D eigenvalue weighted by Gasteiger charge is -2.05. The molecule has 4 heterocycles. The number of aromatic nitrogens is 4. The zero-order chi connectivity index (χ0) is 16.0. The molecular weight excluding hydrogens is 328 g/mol. The van der Waals surface area contributed by atoms with Crippen molar-refractivity contribution in [1.29, 1.82) is 0 Å². The molecule has 0 radical (unpaired) electrons. The van der Waals surface area contributed by atoms with Crippen molar-refractivity contribution in [3.05, 3.63) is 57.6 Å². The second-order valence-corrected chi connectivity index (χ2v) is 7.20. The van der Waals surface area contributed by atoms with Gasteiger partial charge in [0.1, 0.15) is 10.3 Å². The van der Waals surface area contributed by atoms with E-state index in [1.165, 1.54) is 23.1 Å². The van der Waals surface area contributed by atoms with Gasteiger partial charge in [-0.2, -0.15) is 0 Å². The zero-order valence-corrected chi connectivity index (χ0v) is 14.3. The summed E-state index contributed by atoms with van der Waals surface area (Å²) in [6.45, 7) is 2.05. The summed E-state index contributed by atoms with van der Waals surface area (Å²) in [5.41, 5.74) is 3.88. The third-order valence-corrected chi connectivity index (χ3v) is 5.68. The first-order valence-electron chi connectivity index (χ1n) is 7.14. The Kier molecular flexibility index (Phi) is 3.46. The Balaban J connectivity index is 1.66. The van der Waals surface area contributed by atoms with E-state index < -0.39 is 0 Å². The molecule has 0 aliphatic rings. The Labute approximate surface area is 140 Å². The molecule has 0 spiro atoms. The summed E-state index contributed by atoms with van der Waals surface area (Å²) in [6.07, 6.45) is 4.02. The Bertz CT molecular complexity index is 1080. The van der Waals surface area contributed by atoms with Crippen molar-refractivity contribution < 1.29 is 0 Å². The normalized spacial score (nSPS) is 11.6. The zero-order valence-electron chi connectivity index (χ0n) is 12.7. The maximum absolute atomic E-state index is 12.3. The summed E-state index contributed by atoms with van der Waals surface area (Å²) >= 11 is 2.97. The van der Waals surface area contributed by atoms with Gasteiger partial charge in [0, 0.05) is 25.2 Å². The number of imidazole rings is 1. The first-order chi connectivity index (χ1) is 11.1. The predicted molar refractivity (Wildman–Crippen MR) is 94.4 cm³/mol. The molecule has 116 valence electrons. The van der Waals surface area contributed by atoms with E-state index in [1.807, 2.05) is 34.3 Å². The van der Waals surface area contributed by atoms with Gasteiger partial charge in [-0.3, -0.25) is 9.36 Å². The SMILES string of the molecule is Cc1cccn2cc(CSc3nc4ccsc4c(=O)n3C)nc12. The monoisotopic (exact) mass is 342 g/mol. The number of pyridine rings is 1. The van der Waals surface area contributed by atoms with Gasteiger partial charge in [-0.25, -0.2) is 9.97 Å². The molecule has 0 N–H and O–H groups in total. The van der Waals surface area contributed by atoms with E-state index >= 15 is 0 Å². The number of nitrogens with zero attached hydrogens (tertiary/aromatic N) is 4. The molecule has 4 rings (SSSR count). The van der Waals surface area contributed by atoms with Crippen molar-refractivity contribution in [2.24, 2.45) is 7.05 Å². The van der Waals surface area contributed by atoms with E-state index in [9.17, 15) is 4.79 Å². The van der Waals surface area contributed by atoms with Crippen LogP contribution in [0.25, 0.3) is 15.9 Å². The van der Waals surface area contributed by atoms with Crippen molar-refractivity contribution in [2.75, 3.05) is 0 Å². The topological polar surface area (TPSA) is 52.2 Å². The fraction of sp³-hybridized carbons (Fsp3) is 0.188.